The Balaban J connectivity index is 2.51. The summed E-state index contributed by atoms with van der Waals surface area (Å²) in [5.41, 5.74) is 6.82. The smallest absolute Gasteiger partial charge is 0.409 e. The maximum Gasteiger partial charge on any atom is 0.409 e. The molecule has 0 spiro atoms. The Morgan fingerprint density at radius 3 is 2.47 bits per heavy atom. The molecule has 2 aromatic carbocycles. The summed E-state index contributed by atoms with van der Waals surface area (Å²) < 4.78 is 5.88. The van der Waals surface area contributed by atoms with Crippen molar-refractivity contribution in [2.45, 2.75) is 0 Å². The highest BCUT2D eigenvalue weighted by atomic mass is 79.9. The Hall–Kier alpha value is -1.81. The predicted octanol–water partition coefficient (Wildman–Crippen LogP) is 3.57. The predicted molar refractivity (Wildman–Crippen MR) is 69.8 cm³/mol. The summed E-state index contributed by atoms with van der Waals surface area (Å²) in [6.07, 6.45) is -0.815. The van der Waals surface area contributed by atoms with Crippen molar-refractivity contribution >= 4 is 22.0 Å². The van der Waals surface area contributed by atoms with Gasteiger partial charge in [-0.1, -0.05) is 46.3 Å². The van der Waals surface area contributed by atoms with Gasteiger partial charge in [-0.05, 0) is 23.8 Å². The number of rotatable bonds is 2. The van der Waals surface area contributed by atoms with Crippen molar-refractivity contribution in [2.75, 3.05) is 0 Å². The van der Waals surface area contributed by atoms with Crippen LogP contribution in [-0.2, 0) is 0 Å². The fourth-order valence-corrected chi connectivity index (χ4v) is 1.90. The number of ether oxygens (including phenoxy) is 1. The van der Waals surface area contributed by atoms with Crippen molar-refractivity contribution in [3.8, 4) is 16.9 Å². The molecule has 0 fully saturated rings. The van der Waals surface area contributed by atoms with Gasteiger partial charge in [0, 0.05) is 10.0 Å². The molecule has 0 saturated carbocycles. The first-order chi connectivity index (χ1) is 8.16. The van der Waals surface area contributed by atoms with Crippen LogP contribution in [0.2, 0.25) is 0 Å². The number of carbonyl (C=O) groups excluding carboxylic acids is 1. The summed E-state index contributed by atoms with van der Waals surface area (Å²) in [4.78, 5) is 10.8. The minimum Gasteiger partial charge on any atom is -0.410 e. The number of halogens is 1. The van der Waals surface area contributed by atoms with E-state index in [9.17, 15) is 4.79 Å². The van der Waals surface area contributed by atoms with Gasteiger partial charge < -0.3 is 10.5 Å². The number of nitrogens with two attached hydrogens (primary N) is 1. The van der Waals surface area contributed by atoms with Gasteiger partial charge >= 0.3 is 6.09 Å². The van der Waals surface area contributed by atoms with Gasteiger partial charge in [-0.25, -0.2) is 4.79 Å². The van der Waals surface area contributed by atoms with Gasteiger partial charge in [0.2, 0.25) is 0 Å². The molecule has 0 radical (unpaired) electrons. The van der Waals surface area contributed by atoms with Crippen LogP contribution in [0, 0.1) is 0 Å². The molecule has 1 amide bonds. The van der Waals surface area contributed by atoms with Crippen LogP contribution in [0.1, 0.15) is 0 Å². The lowest BCUT2D eigenvalue weighted by molar-refractivity contribution is 0.211. The number of benzene rings is 2. The van der Waals surface area contributed by atoms with Crippen LogP contribution in [0.15, 0.2) is 53.0 Å². The fraction of sp³-hybridized carbons (Fsp3) is 0. The molecule has 4 heteroatoms. The van der Waals surface area contributed by atoms with Crippen LogP contribution in [0.25, 0.3) is 11.1 Å². The molecule has 86 valence electrons. The van der Waals surface area contributed by atoms with Gasteiger partial charge in [-0.15, -0.1) is 0 Å². The van der Waals surface area contributed by atoms with E-state index >= 15 is 0 Å². The third-order valence-corrected chi connectivity index (χ3v) is 2.73. The van der Waals surface area contributed by atoms with Crippen molar-refractivity contribution in [2.24, 2.45) is 5.73 Å². The molecule has 0 aliphatic rings. The van der Waals surface area contributed by atoms with E-state index in [1.54, 1.807) is 12.1 Å². The molecule has 0 unspecified atom stereocenters. The SMILES string of the molecule is NC(=O)Oc1ccc(Br)cc1-c1ccccc1. The van der Waals surface area contributed by atoms with Crippen molar-refractivity contribution in [3.63, 3.8) is 0 Å². The van der Waals surface area contributed by atoms with Gasteiger partial charge in [-0.3, -0.25) is 0 Å². The van der Waals surface area contributed by atoms with Crippen LogP contribution >= 0.6 is 15.9 Å². The van der Waals surface area contributed by atoms with Gasteiger partial charge in [-0.2, -0.15) is 0 Å². The van der Waals surface area contributed by atoms with Crippen molar-refractivity contribution in [1.82, 2.24) is 0 Å². The average molecular weight is 292 g/mol. The zero-order valence-electron chi connectivity index (χ0n) is 8.89. The van der Waals surface area contributed by atoms with Crippen molar-refractivity contribution in [3.05, 3.63) is 53.0 Å². The van der Waals surface area contributed by atoms with Crippen LogP contribution < -0.4 is 10.5 Å². The van der Waals surface area contributed by atoms with E-state index < -0.39 is 6.09 Å². The molecule has 2 N–H and O–H groups in total. The maximum absolute atomic E-state index is 10.8. The second kappa shape index (κ2) is 5.01. The number of carbonyl (C=O) groups is 1. The Bertz CT molecular complexity index is 540. The lowest BCUT2D eigenvalue weighted by Crippen LogP contribution is -2.16. The monoisotopic (exact) mass is 291 g/mol. The molecular formula is C13H10BrNO2. The topological polar surface area (TPSA) is 52.3 Å². The lowest BCUT2D eigenvalue weighted by Gasteiger charge is -2.09. The van der Waals surface area contributed by atoms with Gasteiger partial charge in [0.1, 0.15) is 5.75 Å². The molecule has 3 nitrogen and oxygen atoms in total. The van der Waals surface area contributed by atoms with Gasteiger partial charge in [0.05, 0.1) is 0 Å². The zero-order valence-corrected chi connectivity index (χ0v) is 10.5. The minimum atomic E-state index is -0.815. The minimum absolute atomic E-state index is 0.451. The highest BCUT2D eigenvalue weighted by Gasteiger charge is 2.09. The highest BCUT2D eigenvalue weighted by molar-refractivity contribution is 9.10. The molecule has 0 aromatic heterocycles. The van der Waals surface area contributed by atoms with Crippen molar-refractivity contribution in [1.29, 1.82) is 0 Å². The Morgan fingerprint density at radius 1 is 1.12 bits per heavy atom. The van der Waals surface area contributed by atoms with Gasteiger partial charge in [0.25, 0.3) is 0 Å². The Labute approximate surface area is 107 Å². The van der Waals surface area contributed by atoms with Crippen LogP contribution in [-0.4, -0.2) is 6.09 Å². The van der Waals surface area contributed by atoms with E-state index in [4.69, 9.17) is 10.5 Å². The quantitative estimate of drug-likeness (QED) is 0.919. The molecule has 0 heterocycles. The summed E-state index contributed by atoms with van der Waals surface area (Å²) in [6, 6.07) is 15.0. The Morgan fingerprint density at radius 2 is 1.82 bits per heavy atom. The average Bonchev–Trinajstić information content (AvgIpc) is 2.32. The summed E-state index contributed by atoms with van der Waals surface area (Å²) in [6.45, 7) is 0. The molecule has 0 bridgehead atoms. The fourth-order valence-electron chi connectivity index (χ4n) is 1.54. The largest absolute Gasteiger partial charge is 0.410 e. The third kappa shape index (κ3) is 2.85. The first-order valence-corrected chi connectivity index (χ1v) is 5.78. The summed E-state index contributed by atoms with van der Waals surface area (Å²) in [5.74, 6) is 0.451. The highest BCUT2D eigenvalue weighted by Crippen LogP contribution is 2.32. The molecule has 17 heavy (non-hydrogen) atoms. The molecule has 2 aromatic rings. The van der Waals surface area contributed by atoms with Gasteiger partial charge in [0.15, 0.2) is 0 Å². The first-order valence-electron chi connectivity index (χ1n) is 4.99. The van der Waals surface area contributed by atoms with E-state index in [0.29, 0.717) is 5.75 Å². The molecular weight excluding hydrogens is 282 g/mol. The Kier molecular flexibility index (Phi) is 3.44. The van der Waals surface area contributed by atoms with Crippen LogP contribution in [0.5, 0.6) is 5.75 Å². The number of primary amides is 1. The van der Waals surface area contributed by atoms with Crippen LogP contribution in [0.3, 0.4) is 0 Å². The molecule has 0 saturated heterocycles. The second-order valence-corrected chi connectivity index (χ2v) is 4.34. The van der Waals surface area contributed by atoms with Crippen molar-refractivity contribution < 1.29 is 9.53 Å². The maximum atomic E-state index is 10.8. The number of hydrogen-bond donors (Lipinski definition) is 1. The van der Waals surface area contributed by atoms with E-state index in [1.807, 2.05) is 36.4 Å². The van der Waals surface area contributed by atoms with E-state index in [0.717, 1.165) is 15.6 Å². The summed E-state index contributed by atoms with van der Waals surface area (Å²) in [5, 5.41) is 0. The zero-order chi connectivity index (χ0) is 12.3. The lowest BCUT2D eigenvalue weighted by atomic mass is 10.1. The second-order valence-electron chi connectivity index (χ2n) is 3.43. The van der Waals surface area contributed by atoms with E-state index in [2.05, 4.69) is 15.9 Å². The molecule has 0 aliphatic heterocycles. The normalized spacial score (nSPS) is 9.94. The standard InChI is InChI=1S/C13H10BrNO2/c14-10-6-7-12(17-13(15)16)11(8-10)9-4-2-1-3-5-9/h1-8H,(H2,15,16). The summed E-state index contributed by atoms with van der Waals surface area (Å²) in [7, 11) is 0. The number of hydrogen-bond acceptors (Lipinski definition) is 2. The molecule has 2 rings (SSSR count). The molecule has 0 aliphatic carbocycles. The summed E-state index contributed by atoms with van der Waals surface area (Å²) >= 11 is 3.39. The van der Waals surface area contributed by atoms with Crippen LogP contribution in [0.4, 0.5) is 4.79 Å². The number of amides is 1. The third-order valence-electron chi connectivity index (χ3n) is 2.24. The van der Waals surface area contributed by atoms with E-state index in [1.165, 1.54) is 0 Å². The first kappa shape index (κ1) is 11.7. The molecule has 0 atom stereocenters. The van der Waals surface area contributed by atoms with E-state index in [-0.39, 0.29) is 0 Å².